The average Bonchev–Trinajstić information content (AvgIpc) is 3.06. The van der Waals surface area contributed by atoms with Gasteiger partial charge >= 0.3 is 0 Å². The van der Waals surface area contributed by atoms with Gasteiger partial charge in [-0.25, -0.2) is 12.8 Å². The van der Waals surface area contributed by atoms with Crippen LogP contribution >= 0.6 is 11.3 Å². The quantitative estimate of drug-likeness (QED) is 0.629. The Labute approximate surface area is 167 Å². The first-order valence-corrected chi connectivity index (χ1v) is 10.8. The van der Waals surface area contributed by atoms with E-state index in [-0.39, 0.29) is 22.1 Å². The molecule has 3 rings (SSSR count). The molecule has 0 aliphatic rings. The molecule has 1 heterocycles. The van der Waals surface area contributed by atoms with E-state index in [0.717, 1.165) is 10.4 Å². The van der Waals surface area contributed by atoms with E-state index in [1.807, 2.05) is 18.4 Å². The average molecular weight is 419 g/mol. The molecule has 28 heavy (non-hydrogen) atoms. The normalized spacial score (nSPS) is 11.2. The number of thiophene rings is 1. The van der Waals surface area contributed by atoms with Crippen molar-refractivity contribution in [1.82, 2.24) is 5.32 Å². The van der Waals surface area contributed by atoms with Crippen molar-refractivity contribution in [1.29, 1.82) is 0 Å². The molecule has 3 aromatic rings. The van der Waals surface area contributed by atoms with Crippen molar-refractivity contribution in [3.8, 4) is 0 Å². The van der Waals surface area contributed by atoms with Gasteiger partial charge < -0.3 is 5.32 Å². The highest BCUT2D eigenvalue weighted by molar-refractivity contribution is 7.92. The predicted octanol–water partition coefficient (Wildman–Crippen LogP) is 4.23. The molecule has 0 fully saturated rings. The number of anilines is 1. The second-order valence-electron chi connectivity index (χ2n) is 6.27. The molecule has 1 amide bonds. The Kier molecular flexibility index (Phi) is 5.81. The molecular formula is C20H19FN2O3S2. The predicted molar refractivity (Wildman–Crippen MR) is 109 cm³/mol. The van der Waals surface area contributed by atoms with Gasteiger partial charge in [0, 0.05) is 10.4 Å². The van der Waals surface area contributed by atoms with Crippen LogP contribution < -0.4 is 10.0 Å². The van der Waals surface area contributed by atoms with E-state index in [9.17, 15) is 17.6 Å². The molecule has 0 saturated carbocycles. The summed E-state index contributed by atoms with van der Waals surface area (Å²) in [4.78, 5) is 13.5. The van der Waals surface area contributed by atoms with Crippen molar-refractivity contribution in [3.63, 3.8) is 0 Å². The molecule has 5 nitrogen and oxygen atoms in total. The van der Waals surface area contributed by atoms with Crippen LogP contribution in [0.1, 0.15) is 26.4 Å². The van der Waals surface area contributed by atoms with E-state index in [4.69, 9.17) is 0 Å². The summed E-state index contributed by atoms with van der Waals surface area (Å²) in [6, 6.07) is 11.7. The Balaban J connectivity index is 1.83. The Bertz CT molecular complexity index is 1120. The Morgan fingerprint density at radius 1 is 1.07 bits per heavy atom. The number of para-hydroxylation sites is 1. The van der Waals surface area contributed by atoms with Crippen molar-refractivity contribution < 1.29 is 17.6 Å². The molecule has 0 saturated heterocycles. The number of hydrogen-bond acceptors (Lipinski definition) is 4. The van der Waals surface area contributed by atoms with Crippen LogP contribution in [-0.4, -0.2) is 14.3 Å². The van der Waals surface area contributed by atoms with E-state index < -0.39 is 15.8 Å². The van der Waals surface area contributed by atoms with Gasteiger partial charge in [-0.05, 0) is 60.7 Å². The lowest BCUT2D eigenvalue weighted by molar-refractivity contribution is 0.0950. The number of rotatable bonds is 6. The van der Waals surface area contributed by atoms with Crippen LogP contribution in [0.4, 0.5) is 10.1 Å². The van der Waals surface area contributed by atoms with Gasteiger partial charge in [0.15, 0.2) is 0 Å². The van der Waals surface area contributed by atoms with Gasteiger partial charge in [-0.3, -0.25) is 9.52 Å². The number of halogens is 1. The molecule has 0 unspecified atom stereocenters. The minimum Gasteiger partial charge on any atom is -0.347 e. The zero-order chi connectivity index (χ0) is 20.3. The fourth-order valence-corrected chi connectivity index (χ4v) is 4.54. The van der Waals surface area contributed by atoms with Gasteiger partial charge in [-0.2, -0.15) is 0 Å². The smallest absolute Gasteiger partial charge is 0.262 e. The minimum absolute atomic E-state index is 0.112. The van der Waals surface area contributed by atoms with Gasteiger partial charge in [-0.15, -0.1) is 11.3 Å². The fraction of sp³-hybridized carbons (Fsp3) is 0.150. The molecule has 0 radical (unpaired) electrons. The van der Waals surface area contributed by atoms with Crippen LogP contribution in [0.3, 0.4) is 0 Å². The number of carbonyl (C=O) groups excluding carboxylic acids is 1. The van der Waals surface area contributed by atoms with E-state index in [0.29, 0.717) is 12.1 Å². The molecule has 2 N–H and O–H groups in total. The van der Waals surface area contributed by atoms with Crippen LogP contribution in [0.15, 0.2) is 58.8 Å². The highest BCUT2D eigenvalue weighted by Crippen LogP contribution is 2.21. The first-order chi connectivity index (χ1) is 13.3. The first kappa shape index (κ1) is 20.0. The lowest BCUT2D eigenvalue weighted by atomic mass is 10.1. The van der Waals surface area contributed by atoms with Crippen molar-refractivity contribution in [2.75, 3.05) is 4.72 Å². The largest absolute Gasteiger partial charge is 0.347 e. The summed E-state index contributed by atoms with van der Waals surface area (Å²) in [6.07, 6.45) is 0. The van der Waals surface area contributed by atoms with Gasteiger partial charge in [-0.1, -0.05) is 18.2 Å². The second-order valence-corrected chi connectivity index (χ2v) is 8.95. The first-order valence-electron chi connectivity index (χ1n) is 8.47. The molecule has 1 aromatic heterocycles. The molecule has 8 heteroatoms. The lowest BCUT2D eigenvalue weighted by Crippen LogP contribution is -2.24. The third-order valence-corrected chi connectivity index (χ3v) is 6.65. The molecule has 2 aromatic carbocycles. The molecule has 0 aliphatic carbocycles. The third-order valence-electron chi connectivity index (χ3n) is 4.26. The van der Waals surface area contributed by atoms with Gasteiger partial charge in [0.25, 0.3) is 15.9 Å². The standard InChI is InChI=1S/C20H19FN2O3S2/c1-13-7-8-15(28(25,26)23-18-6-4-3-5-17(18)21)11-16(13)20(24)22-12-19-14(2)9-10-27-19/h3-11,23H,12H2,1-2H3,(H,22,24). The van der Waals surface area contributed by atoms with E-state index >= 15 is 0 Å². The highest BCUT2D eigenvalue weighted by atomic mass is 32.2. The number of aryl methyl sites for hydroxylation is 2. The molecule has 0 spiro atoms. The number of hydrogen-bond donors (Lipinski definition) is 2. The topological polar surface area (TPSA) is 75.3 Å². The van der Waals surface area contributed by atoms with Crippen molar-refractivity contribution in [2.45, 2.75) is 25.3 Å². The summed E-state index contributed by atoms with van der Waals surface area (Å²) in [7, 11) is -4.04. The Morgan fingerprint density at radius 3 is 2.50 bits per heavy atom. The zero-order valence-corrected chi connectivity index (χ0v) is 17.0. The van der Waals surface area contributed by atoms with Crippen molar-refractivity contribution >= 4 is 33.0 Å². The SMILES string of the molecule is Cc1ccc(S(=O)(=O)Nc2ccccc2F)cc1C(=O)NCc1sccc1C. The maximum absolute atomic E-state index is 13.8. The number of benzene rings is 2. The highest BCUT2D eigenvalue weighted by Gasteiger charge is 2.19. The lowest BCUT2D eigenvalue weighted by Gasteiger charge is -2.12. The summed E-state index contributed by atoms with van der Waals surface area (Å²) >= 11 is 1.54. The maximum Gasteiger partial charge on any atom is 0.262 e. The van der Waals surface area contributed by atoms with Crippen LogP contribution in [0.2, 0.25) is 0 Å². The van der Waals surface area contributed by atoms with E-state index in [1.54, 1.807) is 24.3 Å². The maximum atomic E-state index is 13.8. The van der Waals surface area contributed by atoms with Gasteiger partial charge in [0.05, 0.1) is 17.1 Å². The van der Waals surface area contributed by atoms with Crippen LogP contribution in [0.25, 0.3) is 0 Å². The van der Waals surface area contributed by atoms with Crippen molar-refractivity contribution in [3.05, 3.63) is 81.3 Å². The summed E-state index contributed by atoms with van der Waals surface area (Å²) in [6.45, 7) is 4.06. The number of amides is 1. The molecule has 0 bridgehead atoms. The zero-order valence-electron chi connectivity index (χ0n) is 15.3. The third kappa shape index (κ3) is 4.40. The summed E-state index contributed by atoms with van der Waals surface area (Å²) in [5.74, 6) is -1.05. The number of sulfonamides is 1. The number of carbonyl (C=O) groups is 1. The summed E-state index contributed by atoms with van der Waals surface area (Å²) < 4.78 is 41.2. The second kappa shape index (κ2) is 8.12. The Hall–Kier alpha value is -2.71. The van der Waals surface area contributed by atoms with Gasteiger partial charge in [0.2, 0.25) is 0 Å². The fourth-order valence-electron chi connectivity index (χ4n) is 2.60. The molecule has 0 aliphatic heterocycles. The summed E-state index contributed by atoms with van der Waals surface area (Å²) in [5.41, 5.74) is 1.84. The van der Waals surface area contributed by atoms with Crippen LogP contribution in [0, 0.1) is 19.7 Å². The van der Waals surface area contributed by atoms with Gasteiger partial charge in [0.1, 0.15) is 5.82 Å². The molecule has 0 atom stereocenters. The van der Waals surface area contributed by atoms with E-state index in [1.165, 1.54) is 36.4 Å². The van der Waals surface area contributed by atoms with E-state index in [2.05, 4.69) is 10.0 Å². The summed E-state index contributed by atoms with van der Waals surface area (Å²) in [5, 5.41) is 4.76. The molecular weight excluding hydrogens is 399 g/mol. The minimum atomic E-state index is -4.04. The molecule has 146 valence electrons. The Morgan fingerprint density at radius 2 is 1.82 bits per heavy atom. The monoisotopic (exact) mass is 418 g/mol. The van der Waals surface area contributed by atoms with Crippen LogP contribution in [-0.2, 0) is 16.6 Å². The van der Waals surface area contributed by atoms with Crippen LogP contribution in [0.5, 0.6) is 0 Å². The number of nitrogens with one attached hydrogen (secondary N) is 2. The van der Waals surface area contributed by atoms with Crippen molar-refractivity contribution in [2.24, 2.45) is 0 Å².